The van der Waals surface area contributed by atoms with Crippen molar-refractivity contribution in [3.05, 3.63) is 40.7 Å². The molecule has 0 aliphatic carbocycles. The summed E-state index contributed by atoms with van der Waals surface area (Å²) < 4.78 is 1.60. The fraction of sp³-hybridized carbons (Fsp3) is 0.200. The number of hydrogen-bond donors (Lipinski definition) is 1. The minimum atomic E-state index is -0.0882. The zero-order chi connectivity index (χ0) is 10.8. The minimum absolute atomic E-state index is 0.0882. The summed E-state index contributed by atoms with van der Waals surface area (Å²) in [6.45, 7) is 1.85. The Morgan fingerprint density at radius 1 is 1.47 bits per heavy atom. The van der Waals surface area contributed by atoms with Crippen LogP contribution in [0.15, 0.2) is 24.4 Å². The molecule has 0 fully saturated rings. The number of rotatable bonds is 2. The zero-order valence-electron chi connectivity index (χ0n) is 8.18. The van der Waals surface area contributed by atoms with Gasteiger partial charge in [0, 0.05) is 5.02 Å². The van der Waals surface area contributed by atoms with E-state index in [1.165, 1.54) is 6.20 Å². The highest BCUT2D eigenvalue weighted by Gasteiger charge is 2.07. The normalized spacial score (nSPS) is 10.6. The molecule has 78 valence electrons. The third-order valence-electron chi connectivity index (χ3n) is 2.17. The quantitative estimate of drug-likeness (QED) is 0.844. The standard InChI is InChI=1S/C10H10ClN3O/c1-7-4-8(11)2-3-10(7)14-9(6-15)5-12-13-14/h2-5,15H,6H2,1H3. The molecule has 4 nitrogen and oxygen atoms in total. The average Bonchev–Trinajstić information content (AvgIpc) is 2.65. The molecule has 0 atom stereocenters. The lowest BCUT2D eigenvalue weighted by molar-refractivity contribution is 0.273. The third-order valence-corrected chi connectivity index (χ3v) is 2.40. The molecule has 0 aliphatic rings. The summed E-state index contributed by atoms with van der Waals surface area (Å²) in [5, 5.41) is 17.4. The fourth-order valence-corrected chi connectivity index (χ4v) is 1.65. The molecule has 1 N–H and O–H groups in total. The zero-order valence-corrected chi connectivity index (χ0v) is 8.94. The van der Waals surface area contributed by atoms with Crippen molar-refractivity contribution in [1.29, 1.82) is 0 Å². The Labute approximate surface area is 92.1 Å². The van der Waals surface area contributed by atoms with Gasteiger partial charge in [-0.25, -0.2) is 4.68 Å². The highest BCUT2D eigenvalue weighted by atomic mass is 35.5. The van der Waals surface area contributed by atoms with Gasteiger partial charge in [0.15, 0.2) is 0 Å². The van der Waals surface area contributed by atoms with Crippen LogP contribution < -0.4 is 0 Å². The van der Waals surface area contributed by atoms with E-state index < -0.39 is 0 Å². The van der Waals surface area contributed by atoms with Crippen LogP contribution in [-0.4, -0.2) is 20.1 Å². The Bertz CT molecular complexity index is 481. The van der Waals surface area contributed by atoms with Crippen molar-refractivity contribution >= 4 is 11.6 Å². The van der Waals surface area contributed by atoms with E-state index in [0.717, 1.165) is 11.3 Å². The first-order valence-corrected chi connectivity index (χ1v) is 4.87. The van der Waals surface area contributed by atoms with Crippen LogP contribution in [0.2, 0.25) is 5.02 Å². The average molecular weight is 224 g/mol. The first-order valence-electron chi connectivity index (χ1n) is 4.49. The van der Waals surface area contributed by atoms with Crippen LogP contribution >= 0.6 is 11.6 Å². The summed E-state index contributed by atoms with van der Waals surface area (Å²) in [6.07, 6.45) is 1.54. The predicted molar refractivity (Wildman–Crippen MR) is 57.0 cm³/mol. The number of aryl methyl sites for hydroxylation is 1. The van der Waals surface area contributed by atoms with E-state index in [0.29, 0.717) is 10.7 Å². The maximum Gasteiger partial charge on any atom is 0.0900 e. The van der Waals surface area contributed by atoms with Crippen molar-refractivity contribution in [2.24, 2.45) is 0 Å². The molecule has 1 heterocycles. The van der Waals surface area contributed by atoms with Crippen LogP contribution in [0.25, 0.3) is 5.69 Å². The number of nitrogens with zero attached hydrogens (tertiary/aromatic N) is 3. The van der Waals surface area contributed by atoms with Crippen molar-refractivity contribution in [2.75, 3.05) is 0 Å². The van der Waals surface area contributed by atoms with E-state index in [1.54, 1.807) is 10.7 Å². The number of benzene rings is 1. The molecule has 0 amide bonds. The van der Waals surface area contributed by atoms with Crippen molar-refractivity contribution < 1.29 is 5.11 Å². The molecule has 1 aromatic heterocycles. The van der Waals surface area contributed by atoms with Gasteiger partial charge in [-0.05, 0) is 30.7 Å². The maximum absolute atomic E-state index is 9.09. The minimum Gasteiger partial charge on any atom is -0.390 e. The molecule has 0 saturated heterocycles. The van der Waals surface area contributed by atoms with Gasteiger partial charge < -0.3 is 5.11 Å². The van der Waals surface area contributed by atoms with E-state index in [-0.39, 0.29) is 6.61 Å². The van der Waals surface area contributed by atoms with Crippen LogP contribution in [0.1, 0.15) is 11.3 Å². The largest absolute Gasteiger partial charge is 0.390 e. The molecule has 0 radical (unpaired) electrons. The molecule has 0 aliphatic heterocycles. The van der Waals surface area contributed by atoms with Gasteiger partial charge in [-0.3, -0.25) is 0 Å². The number of aliphatic hydroxyl groups excluding tert-OH is 1. The second-order valence-electron chi connectivity index (χ2n) is 3.23. The van der Waals surface area contributed by atoms with E-state index in [1.807, 2.05) is 19.1 Å². The third kappa shape index (κ3) is 1.86. The Balaban J connectivity index is 2.54. The maximum atomic E-state index is 9.09. The molecular formula is C10H10ClN3O. The molecule has 0 saturated carbocycles. The smallest absolute Gasteiger partial charge is 0.0900 e. The van der Waals surface area contributed by atoms with Crippen LogP contribution in [0, 0.1) is 6.92 Å². The fourth-order valence-electron chi connectivity index (χ4n) is 1.42. The van der Waals surface area contributed by atoms with Crippen LogP contribution in [0.3, 0.4) is 0 Å². The summed E-state index contributed by atoms with van der Waals surface area (Å²) in [5.41, 5.74) is 2.52. The lowest BCUT2D eigenvalue weighted by atomic mass is 10.2. The number of hydrogen-bond acceptors (Lipinski definition) is 3. The first-order chi connectivity index (χ1) is 7.22. The van der Waals surface area contributed by atoms with Gasteiger partial charge in [0.05, 0.1) is 24.2 Å². The van der Waals surface area contributed by atoms with Gasteiger partial charge in [-0.1, -0.05) is 16.8 Å². The number of halogens is 1. The second kappa shape index (κ2) is 4.00. The van der Waals surface area contributed by atoms with Gasteiger partial charge in [0.1, 0.15) is 0 Å². The molecular weight excluding hydrogens is 214 g/mol. The molecule has 15 heavy (non-hydrogen) atoms. The van der Waals surface area contributed by atoms with Gasteiger partial charge in [-0.2, -0.15) is 0 Å². The van der Waals surface area contributed by atoms with Gasteiger partial charge in [0.25, 0.3) is 0 Å². The van der Waals surface area contributed by atoms with E-state index >= 15 is 0 Å². The molecule has 2 aromatic rings. The highest BCUT2D eigenvalue weighted by Crippen LogP contribution is 2.19. The molecule has 5 heteroatoms. The molecule has 0 spiro atoms. The lowest BCUT2D eigenvalue weighted by Crippen LogP contribution is -2.03. The van der Waals surface area contributed by atoms with Gasteiger partial charge in [0.2, 0.25) is 0 Å². The Hall–Kier alpha value is -1.39. The van der Waals surface area contributed by atoms with Crippen molar-refractivity contribution in [1.82, 2.24) is 15.0 Å². The topological polar surface area (TPSA) is 50.9 Å². The molecule has 2 rings (SSSR count). The van der Waals surface area contributed by atoms with Gasteiger partial charge >= 0.3 is 0 Å². The molecule has 1 aromatic carbocycles. The SMILES string of the molecule is Cc1cc(Cl)ccc1-n1nncc1CO. The summed E-state index contributed by atoms with van der Waals surface area (Å²) in [5.74, 6) is 0. The van der Waals surface area contributed by atoms with Crippen LogP contribution in [0.4, 0.5) is 0 Å². The summed E-state index contributed by atoms with van der Waals surface area (Å²) in [6, 6.07) is 5.48. The molecule has 0 unspecified atom stereocenters. The highest BCUT2D eigenvalue weighted by molar-refractivity contribution is 6.30. The number of aliphatic hydroxyl groups is 1. The van der Waals surface area contributed by atoms with Gasteiger partial charge in [-0.15, -0.1) is 5.10 Å². The van der Waals surface area contributed by atoms with Crippen LogP contribution in [-0.2, 0) is 6.61 Å². The van der Waals surface area contributed by atoms with Crippen molar-refractivity contribution in [3.8, 4) is 5.69 Å². The Morgan fingerprint density at radius 3 is 2.93 bits per heavy atom. The van der Waals surface area contributed by atoms with Crippen LogP contribution in [0.5, 0.6) is 0 Å². The second-order valence-corrected chi connectivity index (χ2v) is 3.66. The van der Waals surface area contributed by atoms with E-state index in [4.69, 9.17) is 16.7 Å². The lowest BCUT2D eigenvalue weighted by Gasteiger charge is -2.07. The van der Waals surface area contributed by atoms with E-state index in [2.05, 4.69) is 10.3 Å². The van der Waals surface area contributed by atoms with Crippen molar-refractivity contribution in [3.63, 3.8) is 0 Å². The first kappa shape index (κ1) is 10.1. The Morgan fingerprint density at radius 2 is 2.27 bits per heavy atom. The summed E-state index contributed by atoms with van der Waals surface area (Å²) in [4.78, 5) is 0. The summed E-state index contributed by atoms with van der Waals surface area (Å²) in [7, 11) is 0. The van der Waals surface area contributed by atoms with E-state index in [9.17, 15) is 0 Å². The predicted octanol–water partition coefficient (Wildman–Crippen LogP) is 1.72. The number of aromatic nitrogens is 3. The molecule has 0 bridgehead atoms. The van der Waals surface area contributed by atoms with Crippen molar-refractivity contribution in [2.45, 2.75) is 13.5 Å². The Kier molecular flexibility index (Phi) is 2.70. The summed E-state index contributed by atoms with van der Waals surface area (Å²) >= 11 is 5.86. The monoisotopic (exact) mass is 223 g/mol.